The van der Waals surface area contributed by atoms with Gasteiger partial charge in [-0.1, -0.05) is 27.7 Å². The van der Waals surface area contributed by atoms with E-state index in [-0.39, 0.29) is 31.1 Å². The summed E-state index contributed by atoms with van der Waals surface area (Å²) in [6, 6.07) is -4.81. The van der Waals surface area contributed by atoms with E-state index in [0.29, 0.717) is 0 Å². The first kappa shape index (κ1) is 28.3. The molecule has 0 aromatic carbocycles. The molecule has 4 amide bonds. The number of carbonyl (C=O) groups excluding carboxylic acids is 4. The molecule has 4 unspecified atom stereocenters. The second kappa shape index (κ2) is 13.5. The number of hydrogen-bond donors (Lipinski definition) is 7. The van der Waals surface area contributed by atoms with Crippen molar-refractivity contribution in [1.29, 1.82) is 0 Å². The number of aliphatic hydroxyl groups excluding tert-OH is 1. The molecule has 12 nitrogen and oxygen atoms in total. The quantitative estimate of drug-likeness (QED) is 0.155. The Balaban J connectivity index is 5.36. The molecular formula is C19H35N5O7. The van der Waals surface area contributed by atoms with Gasteiger partial charge in [0, 0.05) is 6.42 Å². The molecule has 178 valence electrons. The molecule has 0 rings (SSSR count). The Labute approximate surface area is 181 Å². The minimum absolute atomic E-state index is 0.0285. The summed E-state index contributed by atoms with van der Waals surface area (Å²) in [5.74, 6) is -4.60. The van der Waals surface area contributed by atoms with Gasteiger partial charge in [-0.25, -0.2) is 4.79 Å². The third-order valence-electron chi connectivity index (χ3n) is 4.47. The molecule has 0 heterocycles. The van der Waals surface area contributed by atoms with Crippen molar-refractivity contribution in [1.82, 2.24) is 16.0 Å². The Kier molecular flexibility index (Phi) is 12.4. The monoisotopic (exact) mass is 445 g/mol. The van der Waals surface area contributed by atoms with E-state index in [0.717, 1.165) is 0 Å². The molecule has 0 spiro atoms. The summed E-state index contributed by atoms with van der Waals surface area (Å²) in [4.78, 5) is 59.8. The van der Waals surface area contributed by atoms with Crippen molar-refractivity contribution in [2.75, 3.05) is 6.61 Å². The molecule has 0 bridgehead atoms. The van der Waals surface area contributed by atoms with Gasteiger partial charge in [0.25, 0.3) is 0 Å². The average Bonchev–Trinajstić information content (AvgIpc) is 2.66. The predicted octanol–water partition coefficient (Wildman–Crippen LogP) is -2.19. The van der Waals surface area contributed by atoms with Gasteiger partial charge in [-0.05, 0) is 24.7 Å². The SMILES string of the molecule is CC(C)CC(NC(=O)C(CCC(N)=O)NC(=O)C(CO)NC(=O)C(N)C(C)C)C(=O)O. The summed E-state index contributed by atoms with van der Waals surface area (Å²) in [6.45, 7) is 6.21. The van der Waals surface area contributed by atoms with Gasteiger partial charge in [-0.3, -0.25) is 19.2 Å². The molecule has 12 heteroatoms. The van der Waals surface area contributed by atoms with Crippen LogP contribution in [0.1, 0.15) is 47.0 Å². The van der Waals surface area contributed by atoms with E-state index in [1.165, 1.54) is 0 Å². The molecule has 0 aliphatic heterocycles. The predicted molar refractivity (Wildman–Crippen MR) is 111 cm³/mol. The lowest BCUT2D eigenvalue weighted by atomic mass is 10.0. The molecule has 4 atom stereocenters. The summed E-state index contributed by atoms with van der Waals surface area (Å²) in [5.41, 5.74) is 10.8. The number of aliphatic hydroxyl groups is 1. The third-order valence-corrected chi connectivity index (χ3v) is 4.47. The molecule has 0 radical (unpaired) electrons. The second-order valence-corrected chi connectivity index (χ2v) is 8.11. The molecule has 0 fully saturated rings. The van der Waals surface area contributed by atoms with Crippen LogP contribution >= 0.6 is 0 Å². The highest BCUT2D eigenvalue weighted by molar-refractivity contribution is 5.94. The first-order valence-corrected chi connectivity index (χ1v) is 10.1. The number of aliphatic carboxylic acids is 1. The maximum Gasteiger partial charge on any atom is 0.326 e. The van der Waals surface area contributed by atoms with Crippen molar-refractivity contribution < 1.29 is 34.2 Å². The number of nitrogens with two attached hydrogens (primary N) is 2. The fraction of sp³-hybridized carbons (Fsp3) is 0.737. The van der Waals surface area contributed by atoms with Gasteiger partial charge in [0.1, 0.15) is 18.1 Å². The van der Waals surface area contributed by atoms with E-state index >= 15 is 0 Å². The summed E-state index contributed by atoms with van der Waals surface area (Å²) < 4.78 is 0. The lowest BCUT2D eigenvalue weighted by Crippen LogP contribution is -2.58. The number of carboxylic acids is 1. The van der Waals surface area contributed by atoms with Gasteiger partial charge in [-0.15, -0.1) is 0 Å². The zero-order chi connectivity index (χ0) is 24.3. The van der Waals surface area contributed by atoms with E-state index in [1.54, 1.807) is 27.7 Å². The van der Waals surface area contributed by atoms with E-state index in [2.05, 4.69) is 16.0 Å². The van der Waals surface area contributed by atoms with Crippen molar-refractivity contribution in [3.8, 4) is 0 Å². The van der Waals surface area contributed by atoms with E-state index in [9.17, 15) is 34.2 Å². The summed E-state index contributed by atoms with van der Waals surface area (Å²) in [6.07, 6.45) is -0.298. The Morgan fingerprint density at radius 1 is 0.839 bits per heavy atom. The number of carbonyl (C=O) groups is 5. The standard InChI is InChI=1S/C19H35N5O7/c1-9(2)7-12(19(30)31)23-16(27)11(5-6-14(20)26)22-17(28)13(8-25)24-18(29)15(21)10(3)4/h9-13,15,25H,5-8,21H2,1-4H3,(H2,20,26)(H,22,28)(H,23,27)(H,24,29)(H,30,31). The zero-order valence-electron chi connectivity index (χ0n) is 18.4. The molecular weight excluding hydrogens is 410 g/mol. The van der Waals surface area contributed by atoms with Gasteiger partial charge in [0.2, 0.25) is 23.6 Å². The van der Waals surface area contributed by atoms with Crippen LogP contribution in [0.15, 0.2) is 0 Å². The second-order valence-electron chi connectivity index (χ2n) is 8.11. The van der Waals surface area contributed by atoms with Gasteiger partial charge in [0.15, 0.2) is 0 Å². The van der Waals surface area contributed by atoms with Gasteiger partial charge < -0.3 is 37.6 Å². The number of primary amides is 1. The molecule has 0 aromatic rings. The molecule has 0 aliphatic rings. The molecule has 9 N–H and O–H groups in total. The first-order valence-electron chi connectivity index (χ1n) is 10.1. The maximum absolute atomic E-state index is 12.6. The van der Waals surface area contributed by atoms with Crippen LogP contribution in [0.25, 0.3) is 0 Å². The molecule has 0 aromatic heterocycles. The normalized spacial score (nSPS) is 15.0. The fourth-order valence-corrected chi connectivity index (χ4v) is 2.56. The zero-order valence-corrected chi connectivity index (χ0v) is 18.4. The van der Waals surface area contributed by atoms with Crippen molar-refractivity contribution in [2.24, 2.45) is 23.3 Å². The van der Waals surface area contributed by atoms with Crippen LogP contribution in [0.4, 0.5) is 0 Å². The van der Waals surface area contributed by atoms with Crippen LogP contribution in [0.3, 0.4) is 0 Å². The molecule has 0 saturated heterocycles. The number of hydrogen-bond acceptors (Lipinski definition) is 7. The third kappa shape index (κ3) is 10.7. The van der Waals surface area contributed by atoms with E-state index in [4.69, 9.17) is 11.5 Å². The number of amides is 4. The van der Waals surface area contributed by atoms with Crippen molar-refractivity contribution in [2.45, 2.75) is 71.1 Å². The topological polar surface area (TPSA) is 214 Å². The largest absolute Gasteiger partial charge is 0.480 e. The first-order chi connectivity index (χ1) is 14.3. The lowest BCUT2D eigenvalue weighted by Gasteiger charge is -2.25. The van der Waals surface area contributed by atoms with Gasteiger partial charge in [-0.2, -0.15) is 0 Å². The molecule has 0 aliphatic carbocycles. The molecule has 31 heavy (non-hydrogen) atoms. The van der Waals surface area contributed by atoms with Crippen LogP contribution in [0.5, 0.6) is 0 Å². The highest BCUT2D eigenvalue weighted by Crippen LogP contribution is 2.07. The Morgan fingerprint density at radius 2 is 1.32 bits per heavy atom. The van der Waals surface area contributed by atoms with Crippen LogP contribution in [0, 0.1) is 11.8 Å². The maximum atomic E-state index is 12.6. The average molecular weight is 446 g/mol. The minimum atomic E-state index is -1.40. The van der Waals surface area contributed by atoms with Crippen LogP contribution < -0.4 is 27.4 Å². The van der Waals surface area contributed by atoms with E-state index < -0.39 is 60.4 Å². The van der Waals surface area contributed by atoms with E-state index in [1.807, 2.05) is 0 Å². The van der Waals surface area contributed by atoms with Crippen LogP contribution in [0.2, 0.25) is 0 Å². The van der Waals surface area contributed by atoms with Crippen molar-refractivity contribution >= 4 is 29.6 Å². The van der Waals surface area contributed by atoms with Gasteiger partial charge in [0.05, 0.1) is 12.6 Å². The number of nitrogens with one attached hydrogen (secondary N) is 3. The summed E-state index contributed by atoms with van der Waals surface area (Å²) in [5, 5.41) is 25.7. The van der Waals surface area contributed by atoms with Crippen molar-refractivity contribution in [3.63, 3.8) is 0 Å². The highest BCUT2D eigenvalue weighted by atomic mass is 16.4. The minimum Gasteiger partial charge on any atom is -0.480 e. The lowest BCUT2D eigenvalue weighted by molar-refractivity contribution is -0.143. The highest BCUT2D eigenvalue weighted by Gasteiger charge is 2.30. The Bertz CT molecular complexity index is 654. The van der Waals surface area contributed by atoms with Crippen LogP contribution in [-0.2, 0) is 24.0 Å². The Hall–Kier alpha value is -2.73. The van der Waals surface area contributed by atoms with Gasteiger partial charge >= 0.3 is 5.97 Å². The van der Waals surface area contributed by atoms with Crippen LogP contribution in [-0.4, -0.2) is 70.6 Å². The number of rotatable bonds is 14. The molecule has 0 saturated carbocycles. The summed E-state index contributed by atoms with van der Waals surface area (Å²) in [7, 11) is 0. The Morgan fingerprint density at radius 3 is 1.74 bits per heavy atom. The summed E-state index contributed by atoms with van der Waals surface area (Å²) >= 11 is 0. The fourth-order valence-electron chi connectivity index (χ4n) is 2.56. The number of carboxylic acid groups (broad SMARTS) is 1. The van der Waals surface area contributed by atoms with Crippen molar-refractivity contribution in [3.05, 3.63) is 0 Å². The smallest absolute Gasteiger partial charge is 0.326 e.